The molecule has 5 rings (SSSR count). The van der Waals surface area contributed by atoms with Gasteiger partial charge < -0.3 is 25.2 Å². The summed E-state index contributed by atoms with van der Waals surface area (Å²) in [4.78, 5) is 30.8. The number of β-amino-alcohol motifs (C(OH)–C–C–N with tert-alkyl or cyclic N) is 1. The quantitative estimate of drug-likeness (QED) is 0.389. The van der Waals surface area contributed by atoms with Crippen LogP contribution < -0.4 is 15.4 Å². The average Bonchev–Trinajstić information content (AvgIpc) is 2.98. The van der Waals surface area contributed by atoms with Crippen molar-refractivity contribution in [3.63, 3.8) is 0 Å². The fraction of sp³-hybridized carbons (Fsp3) is 0.375. The number of likely N-dealkylation sites (N-methyl/N-ethyl adjacent to an activating group) is 1. The Hall–Kier alpha value is -3.76. The molecule has 0 radical (unpaired) electrons. The van der Waals surface area contributed by atoms with E-state index in [1.54, 1.807) is 17.0 Å². The van der Waals surface area contributed by atoms with Crippen LogP contribution in [0.3, 0.4) is 0 Å². The molecule has 0 bridgehead atoms. The van der Waals surface area contributed by atoms with Crippen LogP contribution in [0.15, 0.2) is 60.7 Å². The maximum Gasteiger partial charge on any atom is 0.265 e. The molecule has 2 unspecified atom stereocenters. The van der Waals surface area contributed by atoms with E-state index >= 15 is 0 Å². The van der Waals surface area contributed by atoms with Crippen molar-refractivity contribution in [1.29, 1.82) is 0 Å². The number of amides is 2. The molecule has 9 nitrogen and oxygen atoms in total. The molecule has 216 valence electrons. The van der Waals surface area contributed by atoms with Gasteiger partial charge in [0.05, 0.1) is 25.4 Å². The van der Waals surface area contributed by atoms with Crippen LogP contribution in [0.25, 0.3) is 11.1 Å². The number of carbonyl (C=O) groups is 2. The van der Waals surface area contributed by atoms with Crippen molar-refractivity contribution in [2.45, 2.75) is 26.1 Å². The number of aliphatic hydroxyl groups is 1. The minimum Gasteiger partial charge on any atom is -0.482 e. The number of rotatable bonds is 9. The Bertz CT molecular complexity index is 1400. The van der Waals surface area contributed by atoms with Gasteiger partial charge in [0.25, 0.3) is 5.91 Å². The minimum absolute atomic E-state index is 0.0582. The predicted molar refractivity (Wildman–Crippen MR) is 158 cm³/mol. The van der Waals surface area contributed by atoms with E-state index in [0.717, 1.165) is 40.9 Å². The summed E-state index contributed by atoms with van der Waals surface area (Å²) in [6.07, 6.45) is -0.937. The normalized spacial score (nSPS) is 17.2. The molecule has 9 heteroatoms. The van der Waals surface area contributed by atoms with Gasteiger partial charge in [0.2, 0.25) is 5.91 Å². The van der Waals surface area contributed by atoms with Gasteiger partial charge in [-0.05, 0) is 66.9 Å². The molecule has 3 N–H and O–H groups in total. The van der Waals surface area contributed by atoms with Gasteiger partial charge in [-0.1, -0.05) is 42.5 Å². The summed E-state index contributed by atoms with van der Waals surface area (Å²) in [5, 5.41) is 11.5. The van der Waals surface area contributed by atoms with Crippen molar-refractivity contribution in [2.75, 3.05) is 57.9 Å². The molecule has 2 aliphatic heterocycles. The van der Waals surface area contributed by atoms with Crippen LogP contribution in [0.1, 0.15) is 33.1 Å². The summed E-state index contributed by atoms with van der Waals surface area (Å²) in [6, 6.07) is 19.0. The number of ether oxygens (including phenoxy) is 2. The number of anilines is 1. The second-order valence-electron chi connectivity index (χ2n) is 10.8. The SMILES string of the molecule is Cc1cc2c(cc1C)N(CC(O)N(C)C(CN1CCOCC1)c1ccc(-c3ccccc3C(N)=O)cc1)C(=O)CO2. The van der Waals surface area contributed by atoms with Gasteiger partial charge in [0.15, 0.2) is 6.61 Å². The smallest absolute Gasteiger partial charge is 0.265 e. The van der Waals surface area contributed by atoms with Gasteiger partial charge in [-0.2, -0.15) is 0 Å². The number of primary amides is 1. The molecule has 3 aromatic carbocycles. The summed E-state index contributed by atoms with van der Waals surface area (Å²) in [6.45, 7) is 7.68. The lowest BCUT2D eigenvalue weighted by Crippen LogP contribution is -2.50. The molecule has 2 heterocycles. The number of aliphatic hydroxyl groups excluding tert-OH is 1. The Balaban J connectivity index is 1.41. The standard InChI is InChI=1S/C32H38N4O5/c1-21-16-27-29(17-22(21)2)41-20-31(38)36(27)19-30(37)34(3)28(18-35-12-14-40-15-13-35)24-10-8-23(9-11-24)25-6-4-5-7-26(25)32(33)39/h4-11,16-17,28,30,37H,12-15,18-20H2,1-3H3,(H2,33,39). The van der Waals surface area contributed by atoms with E-state index in [1.165, 1.54) is 0 Å². The highest BCUT2D eigenvalue weighted by molar-refractivity contribution is 6.00. The molecule has 1 saturated heterocycles. The molecular formula is C32H38N4O5. The highest BCUT2D eigenvalue weighted by Crippen LogP contribution is 2.35. The van der Waals surface area contributed by atoms with Crippen molar-refractivity contribution in [1.82, 2.24) is 9.80 Å². The largest absolute Gasteiger partial charge is 0.482 e. The summed E-state index contributed by atoms with van der Waals surface area (Å²) < 4.78 is 11.3. The Morgan fingerprint density at radius 2 is 1.71 bits per heavy atom. The van der Waals surface area contributed by atoms with E-state index in [0.29, 0.717) is 36.8 Å². The van der Waals surface area contributed by atoms with Crippen molar-refractivity contribution >= 4 is 17.5 Å². The fourth-order valence-corrected chi connectivity index (χ4v) is 5.48. The van der Waals surface area contributed by atoms with E-state index in [4.69, 9.17) is 15.2 Å². The molecule has 0 aliphatic carbocycles. The lowest BCUT2D eigenvalue weighted by molar-refractivity contribution is -0.122. The third-order valence-corrected chi connectivity index (χ3v) is 8.16. The summed E-state index contributed by atoms with van der Waals surface area (Å²) >= 11 is 0. The summed E-state index contributed by atoms with van der Waals surface area (Å²) in [7, 11) is 1.89. The maximum absolute atomic E-state index is 12.9. The number of morpholine rings is 1. The molecule has 2 aliphatic rings. The molecular weight excluding hydrogens is 520 g/mol. The zero-order valence-electron chi connectivity index (χ0n) is 23.9. The highest BCUT2D eigenvalue weighted by Gasteiger charge is 2.32. The number of nitrogens with two attached hydrogens (primary N) is 1. The first kappa shape index (κ1) is 28.8. The number of fused-ring (bicyclic) bond motifs is 1. The third-order valence-electron chi connectivity index (χ3n) is 8.16. The van der Waals surface area contributed by atoms with E-state index in [9.17, 15) is 14.7 Å². The van der Waals surface area contributed by atoms with Gasteiger partial charge in [-0.15, -0.1) is 0 Å². The van der Waals surface area contributed by atoms with Crippen LogP contribution in [0.5, 0.6) is 5.75 Å². The fourth-order valence-electron chi connectivity index (χ4n) is 5.48. The summed E-state index contributed by atoms with van der Waals surface area (Å²) in [5.41, 5.74) is 11.6. The van der Waals surface area contributed by atoms with Gasteiger partial charge in [0.1, 0.15) is 12.0 Å². The first-order valence-electron chi connectivity index (χ1n) is 14.0. The monoisotopic (exact) mass is 558 g/mol. The Morgan fingerprint density at radius 1 is 1.02 bits per heavy atom. The highest BCUT2D eigenvalue weighted by atomic mass is 16.5. The van der Waals surface area contributed by atoms with E-state index in [2.05, 4.69) is 4.90 Å². The second kappa shape index (κ2) is 12.4. The van der Waals surface area contributed by atoms with Crippen LogP contribution in [-0.4, -0.2) is 86.0 Å². The number of benzene rings is 3. The van der Waals surface area contributed by atoms with Gasteiger partial charge in [-0.3, -0.25) is 19.4 Å². The van der Waals surface area contributed by atoms with Crippen LogP contribution >= 0.6 is 0 Å². The van der Waals surface area contributed by atoms with Crippen LogP contribution in [-0.2, 0) is 9.53 Å². The number of hydrogen-bond donors (Lipinski definition) is 2. The number of nitrogens with zero attached hydrogens (tertiary/aromatic N) is 3. The van der Waals surface area contributed by atoms with Crippen molar-refractivity contribution in [2.24, 2.45) is 5.73 Å². The Morgan fingerprint density at radius 3 is 2.41 bits per heavy atom. The lowest BCUT2D eigenvalue weighted by Gasteiger charge is -2.39. The zero-order chi connectivity index (χ0) is 29.1. The third kappa shape index (κ3) is 6.28. The molecule has 1 fully saturated rings. The molecule has 0 saturated carbocycles. The molecule has 3 aromatic rings. The van der Waals surface area contributed by atoms with E-state index < -0.39 is 12.1 Å². The second-order valence-corrected chi connectivity index (χ2v) is 10.8. The van der Waals surface area contributed by atoms with Gasteiger partial charge in [0, 0.05) is 31.2 Å². The van der Waals surface area contributed by atoms with Crippen molar-refractivity contribution in [3.05, 3.63) is 82.9 Å². The molecule has 2 atom stereocenters. The van der Waals surface area contributed by atoms with Gasteiger partial charge in [-0.25, -0.2) is 0 Å². The predicted octanol–water partition coefficient (Wildman–Crippen LogP) is 3.12. The number of hydrogen-bond acceptors (Lipinski definition) is 7. The first-order chi connectivity index (χ1) is 19.7. The van der Waals surface area contributed by atoms with Crippen LogP contribution in [0, 0.1) is 13.8 Å². The molecule has 41 heavy (non-hydrogen) atoms. The van der Waals surface area contributed by atoms with Crippen molar-refractivity contribution in [3.8, 4) is 16.9 Å². The van der Waals surface area contributed by atoms with Gasteiger partial charge >= 0.3 is 0 Å². The number of aryl methyl sites for hydroxylation is 2. The minimum atomic E-state index is -0.937. The first-order valence-corrected chi connectivity index (χ1v) is 14.0. The van der Waals surface area contributed by atoms with E-state index in [-0.39, 0.29) is 25.1 Å². The Kier molecular flexibility index (Phi) is 8.70. The molecule has 2 amide bonds. The Labute approximate surface area is 241 Å². The maximum atomic E-state index is 12.9. The zero-order valence-corrected chi connectivity index (χ0v) is 23.9. The lowest BCUT2D eigenvalue weighted by atomic mass is 9.96. The molecule has 0 spiro atoms. The van der Waals surface area contributed by atoms with E-state index in [1.807, 2.05) is 74.3 Å². The number of carbonyl (C=O) groups excluding carboxylic acids is 2. The van der Waals surface area contributed by atoms with Crippen molar-refractivity contribution < 1.29 is 24.2 Å². The van der Waals surface area contributed by atoms with Crippen LogP contribution in [0.4, 0.5) is 5.69 Å². The summed E-state index contributed by atoms with van der Waals surface area (Å²) in [5.74, 6) is -0.00281. The average molecular weight is 559 g/mol. The topological polar surface area (TPSA) is 109 Å². The molecule has 0 aromatic heterocycles. The van der Waals surface area contributed by atoms with Crippen LogP contribution in [0.2, 0.25) is 0 Å².